The van der Waals surface area contributed by atoms with Crippen molar-refractivity contribution in [2.75, 3.05) is 0 Å². The summed E-state index contributed by atoms with van der Waals surface area (Å²) in [5.74, 6) is 0.673. The molecular formula is C10H12Cl4ORu. The van der Waals surface area contributed by atoms with Crippen LogP contribution in [0.25, 0.3) is 0 Å². The summed E-state index contributed by atoms with van der Waals surface area (Å²) in [6.07, 6.45) is 0.0579. The van der Waals surface area contributed by atoms with Gasteiger partial charge < -0.3 is 0 Å². The summed E-state index contributed by atoms with van der Waals surface area (Å²) in [6, 6.07) is 7.34. The summed E-state index contributed by atoms with van der Waals surface area (Å²) in [6.45, 7) is 3.87. The van der Waals surface area contributed by atoms with E-state index in [2.05, 4.69) is 0 Å². The van der Waals surface area contributed by atoms with Crippen molar-refractivity contribution in [3.63, 3.8) is 0 Å². The molecule has 0 saturated heterocycles. The van der Waals surface area contributed by atoms with Crippen LogP contribution < -0.4 is 4.74 Å². The first-order chi connectivity index (χ1) is 7.13. The molecule has 1 aromatic carbocycles. The summed E-state index contributed by atoms with van der Waals surface area (Å²) in [7, 11) is 19.3. The predicted octanol–water partition coefficient (Wildman–Crippen LogP) is 4.93. The number of hydrogen-bond donors (Lipinski definition) is 0. The molecule has 0 aromatic heterocycles. The number of hydrogen-bond acceptors (Lipinski definition) is 1. The van der Waals surface area contributed by atoms with E-state index in [9.17, 15) is 0 Å². The third-order valence-corrected chi connectivity index (χ3v) is 4.67. The second-order valence-electron chi connectivity index (χ2n) is 3.42. The Morgan fingerprint density at radius 3 is 2.19 bits per heavy atom. The van der Waals surface area contributed by atoms with Crippen LogP contribution in [0.2, 0.25) is 0 Å². The monoisotopic (exact) mass is 390 g/mol. The summed E-state index contributed by atoms with van der Waals surface area (Å²) < 4.78 is 7.10. The molecule has 0 aliphatic rings. The van der Waals surface area contributed by atoms with Crippen molar-refractivity contribution in [2.24, 2.45) is 0 Å². The van der Waals surface area contributed by atoms with E-state index in [4.69, 9.17) is 43.5 Å². The SMILES string of the molecule is CC(C)Oc1ccccc1[CH]=[Ru]([Cl])([Cl])([Cl])[Cl]. The molecule has 0 bridgehead atoms. The van der Waals surface area contributed by atoms with Crippen LogP contribution in [0.4, 0.5) is 0 Å². The molecule has 1 aromatic rings. The third kappa shape index (κ3) is 5.84. The molecule has 0 heterocycles. The van der Waals surface area contributed by atoms with E-state index in [0.717, 1.165) is 5.56 Å². The molecule has 0 unspecified atom stereocenters. The number of para-hydroxylation sites is 1. The molecule has 1 nitrogen and oxygen atoms in total. The van der Waals surface area contributed by atoms with Gasteiger partial charge in [-0.05, 0) is 0 Å². The molecule has 0 atom stereocenters. The molecule has 1 rings (SSSR count). The second-order valence-corrected chi connectivity index (χ2v) is 24.9. The van der Waals surface area contributed by atoms with E-state index < -0.39 is 9.19 Å². The van der Waals surface area contributed by atoms with E-state index in [-0.39, 0.29) is 6.10 Å². The van der Waals surface area contributed by atoms with Crippen LogP contribution >= 0.6 is 38.8 Å². The molecule has 0 aliphatic heterocycles. The zero-order chi connectivity index (χ0) is 12.4. The van der Waals surface area contributed by atoms with Crippen LogP contribution in [0, 0.1) is 0 Å². The molecule has 0 fully saturated rings. The van der Waals surface area contributed by atoms with Gasteiger partial charge in [-0.15, -0.1) is 0 Å². The van der Waals surface area contributed by atoms with Gasteiger partial charge in [0.25, 0.3) is 0 Å². The third-order valence-electron chi connectivity index (χ3n) is 1.55. The molecule has 0 spiro atoms. The van der Waals surface area contributed by atoms with Crippen molar-refractivity contribution in [2.45, 2.75) is 20.0 Å². The van der Waals surface area contributed by atoms with Gasteiger partial charge in [-0.3, -0.25) is 0 Å². The summed E-state index contributed by atoms with van der Waals surface area (Å²) >= 11 is 0. The standard InChI is InChI=1S/C10H12O.4ClH.Ru/c1-8(2)11-10-7-5-4-6-9(10)3;;;;;/h3-8H,1-2H3;4*1H;/q;;;;;+4/p-4. The van der Waals surface area contributed by atoms with E-state index >= 15 is 0 Å². The summed E-state index contributed by atoms with van der Waals surface area (Å²) in [5, 5.41) is 0. The average molecular weight is 391 g/mol. The Morgan fingerprint density at radius 1 is 1.12 bits per heavy atom. The molecule has 0 aliphatic carbocycles. The topological polar surface area (TPSA) is 9.23 Å². The van der Waals surface area contributed by atoms with E-state index in [1.807, 2.05) is 38.1 Å². The maximum atomic E-state index is 5.89. The van der Waals surface area contributed by atoms with Crippen molar-refractivity contribution in [1.29, 1.82) is 0 Å². The first-order valence-electron chi connectivity index (χ1n) is 4.45. The van der Waals surface area contributed by atoms with Gasteiger partial charge in [-0.25, -0.2) is 0 Å². The van der Waals surface area contributed by atoms with Crippen LogP contribution in [0.5, 0.6) is 5.75 Å². The number of benzene rings is 1. The minimum absolute atomic E-state index is 0.0579. The van der Waals surface area contributed by atoms with Gasteiger partial charge >= 0.3 is 113 Å². The fraction of sp³-hybridized carbons (Fsp3) is 0.300. The van der Waals surface area contributed by atoms with Crippen LogP contribution in [-0.4, -0.2) is 10.7 Å². The Morgan fingerprint density at radius 2 is 1.69 bits per heavy atom. The zero-order valence-corrected chi connectivity index (χ0v) is 13.5. The summed E-state index contributed by atoms with van der Waals surface area (Å²) in [4.78, 5) is 0. The van der Waals surface area contributed by atoms with Gasteiger partial charge in [-0.1, -0.05) is 0 Å². The molecule has 0 amide bonds. The van der Waals surface area contributed by atoms with Gasteiger partial charge in [0.05, 0.1) is 0 Å². The zero-order valence-electron chi connectivity index (χ0n) is 8.74. The van der Waals surface area contributed by atoms with Crippen LogP contribution in [0.3, 0.4) is 0 Å². The van der Waals surface area contributed by atoms with Gasteiger partial charge in [0.15, 0.2) is 0 Å². The first kappa shape index (κ1) is 14.7. The Hall–Kier alpha value is 0.673. The van der Waals surface area contributed by atoms with E-state index in [0.29, 0.717) is 5.75 Å². The molecule has 16 heavy (non-hydrogen) atoms. The van der Waals surface area contributed by atoms with Gasteiger partial charge in [-0.2, -0.15) is 0 Å². The quantitative estimate of drug-likeness (QED) is 0.665. The number of rotatable bonds is 3. The minimum atomic E-state index is -4.27. The van der Waals surface area contributed by atoms with E-state index in [1.54, 1.807) is 0 Å². The fourth-order valence-corrected chi connectivity index (χ4v) is 4.29. The molecular weight excluding hydrogens is 379 g/mol. The first-order valence-corrected chi connectivity index (χ1v) is 14.4. The van der Waals surface area contributed by atoms with E-state index in [1.165, 1.54) is 4.61 Å². The fourth-order valence-electron chi connectivity index (χ4n) is 1.09. The Balaban J connectivity index is 3.21. The molecule has 94 valence electrons. The number of halogens is 4. The number of ether oxygens (including phenoxy) is 1. The Kier molecular flexibility index (Phi) is 4.71. The van der Waals surface area contributed by atoms with Gasteiger partial charge in [0.2, 0.25) is 0 Å². The van der Waals surface area contributed by atoms with Gasteiger partial charge in [0.1, 0.15) is 0 Å². The van der Waals surface area contributed by atoms with Crippen molar-refractivity contribution in [3.8, 4) is 5.75 Å². The van der Waals surface area contributed by atoms with Crippen molar-refractivity contribution >= 4 is 43.4 Å². The maximum absolute atomic E-state index is 5.89. The summed E-state index contributed by atoms with van der Waals surface area (Å²) in [5.41, 5.74) is 0.719. The molecule has 6 heteroatoms. The predicted molar refractivity (Wildman–Crippen MR) is 70.8 cm³/mol. The van der Waals surface area contributed by atoms with Crippen LogP contribution in [0.1, 0.15) is 19.4 Å². The molecule has 0 radical (unpaired) electrons. The average Bonchev–Trinajstić information content (AvgIpc) is 2.03. The van der Waals surface area contributed by atoms with Crippen molar-refractivity contribution < 1.29 is 13.9 Å². The van der Waals surface area contributed by atoms with Crippen molar-refractivity contribution in [3.05, 3.63) is 29.8 Å². The van der Waals surface area contributed by atoms with Crippen LogP contribution in [-0.2, 0) is 9.19 Å². The second kappa shape index (κ2) is 5.12. The normalized spacial score (nSPS) is 14.3. The molecule has 0 saturated carbocycles. The Bertz CT molecular complexity index is 426. The Labute approximate surface area is 112 Å². The van der Waals surface area contributed by atoms with Gasteiger partial charge in [0, 0.05) is 0 Å². The van der Waals surface area contributed by atoms with Crippen molar-refractivity contribution in [1.82, 2.24) is 0 Å². The molecule has 0 N–H and O–H groups in total. The van der Waals surface area contributed by atoms with Crippen LogP contribution in [0.15, 0.2) is 24.3 Å².